The van der Waals surface area contributed by atoms with Gasteiger partial charge < -0.3 is 9.84 Å². The maximum Gasteiger partial charge on any atom is 0.128 e. The number of aliphatic hydroxyl groups is 1. The lowest BCUT2D eigenvalue weighted by Crippen LogP contribution is -2.15. The van der Waals surface area contributed by atoms with Crippen molar-refractivity contribution >= 4 is 0 Å². The van der Waals surface area contributed by atoms with Crippen molar-refractivity contribution < 1.29 is 9.84 Å². The first-order valence-corrected chi connectivity index (χ1v) is 5.67. The van der Waals surface area contributed by atoms with E-state index in [0.717, 1.165) is 17.7 Å². The van der Waals surface area contributed by atoms with E-state index in [1.165, 1.54) is 5.56 Å². The van der Waals surface area contributed by atoms with Crippen LogP contribution in [0.1, 0.15) is 49.8 Å². The molecule has 1 aromatic rings. The zero-order chi connectivity index (χ0) is 10.8. The Morgan fingerprint density at radius 2 is 2.33 bits per heavy atom. The molecule has 0 fully saturated rings. The van der Waals surface area contributed by atoms with Crippen molar-refractivity contribution in [1.82, 2.24) is 0 Å². The number of fused-ring (bicyclic) bond motifs is 1. The summed E-state index contributed by atoms with van der Waals surface area (Å²) in [6.45, 7) is 4.99. The maximum absolute atomic E-state index is 9.86. The van der Waals surface area contributed by atoms with Gasteiger partial charge in [0, 0.05) is 12.0 Å². The first-order valence-electron chi connectivity index (χ1n) is 5.67. The zero-order valence-electron chi connectivity index (χ0n) is 9.36. The SMILES string of the molecule is CCC(C)c1cccc2c1OCC[C@H]2O. The highest BCUT2D eigenvalue weighted by atomic mass is 16.5. The van der Waals surface area contributed by atoms with Crippen molar-refractivity contribution in [2.45, 2.75) is 38.7 Å². The third kappa shape index (κ3) is 1.86. The molecule has 0 bridgehead atoms. The van der Waals surface area contributed by atoms with E-state index in [-0.39, 0.29) is 6.10 Å². The minimum Gasteiger partial charge on any atom is -0.493 e. The van der Waals surface area contributed by atoms with Crippen LogP contribution < -0.4 is 4.74 Å². The summed E-state index contributed by atoms with van der Waals surface area (Å²) in [6.07, 6.45) is 1.45. The fourth-order valence-corrected chi connectivity index (χ4v) is 2.04. The topological polar surface area (TPSA) is 29.5 Å². The molecule has 2 nitrogen and oxygen atoms in total. The van der Waals surface area contributed by atoms with Crippen molar-refractivity contribution in [3.8, 4) is 5.75 Å². The quantitative estimate of drug-likeness (QED) is 0.806. The van der Waals surface area contributed by atoms with E-state index in [2.05, 4.69) is 19.9 Å². The second kappa shape index (κ2) is 4.23. The Morgan fingerprint density at radius 3 is 3.07 bits per heavy atom. The van der Waals surface area contributed by atoms with E-state index >= 15 is 0 Å². The van der Waals surface area contributed by atoms with Crippen LogP contribution in [-0.4, -0.2) is 11.7 Å². The third-order valence-electron chi connectivity index (χ3n) is 3.22. The third-order valence-corrected chi connectivity index (χ3v) is 3.22. The molecule has 15 heavy (non-hydrogen) atoms. The van der Waals surface area contributed by atoms with Gasteiger partial charge in [0.1, 0.15) is 5.75 Å². The number of aliphatic hydroxyl groups excluding tert-OH is 1. The molecule has 1 aliphatic rings. The largest absolute Gasteiger partial charge is 0.493 e. The van der Waals surface area contributed by atoms with Crippen LogP contribution in [-0.2, 0) is 0 Å². The molecular weight excluding hydrogens is 188 g/mol. The smallest absolute Gasteiger partial charge is 0.128 e. The van der Waals surface area contributed by atoms with Gasteiger partial charge in [0.2, 0.25) is 0 Å². The van der Waals surface area contributed by atoms with Gasteiger partial charge in [0.25, 0.3) is 0 Å². The van der Waals surface area contributed by atoms with Gasteiger partial charge in [0.05, 0.1) is 12.7 Å². The predicted molar refractivity (Wildman–Crippen MR) is 60.2 cm³/mol. The van der Waals surface area contributed by atoms with Crippen LogP contribution in [0, 0.1) is 0 Å². The highest BCUT2D eigenvalue weighted by Crippen LogP contribution is 2.38. The number of hydrogen-bond acceptors (Lipinski definition) is 2. The van der Waals surface area contributed by atoms with Gasteiger partial charge in [-0.3, -0.25) is 0 Å². The minimum absolute atomic E-state index is 0.349. The Bertz CT molecular complexity index is 346. The Balaban J connectivity index is 2.44. The molecule has 0 aliphatic carbocycles. The summed E-state index contributed by atoms with van der Waals surface area (Å²) in [5, 5.41) is 9.86. The lowest BCUT2D eigenvalue weighted by Gasteiger charge is -2.26. The fraction of sp³-hybridized carbons (Fsp3) is 0.538. The van der Waals surface area contributed by atoms with Crippen LogP contribution >= 0.6 is 0 Å². The second-order valence-electron chi connectivity index (χ2n) is 4.23. The van der Waals surface area contributed by atoms with Crippen LogP contribution in [0.15, 0.2) is 18.2 Å². The molecule has 2 rings (SSSR count). The van der Waals surface area contributed by atoms with Crippen LogP contribution in [0.5, 0.6) is 5.75 Å². The van der Waals surface area contributed by atoms with Crippen LogP contribution in [0.2, 0.25) is 0 Å². The van der Waals surface area contributed by atoms with Gasteiger partial charge in [-0.25, -0.2) is 0 Å². The molecule has 1 aromatic carbocycles. The summed E-state index contributed by atoms with van der Waals surface area (Å²) in [5.74, 6) is 1.41. The van der Waals surface area contributed by atoms with Crippen molar-refractivity contribution in [3.63, 3.8) is 0 Å². The van der Waals surface area contributed by atoms with Crippen LogP contribution in [0.4, 0.5) is 0 Å². The second-order valence-corrected chi connectivity index (χ2v) is 4.23. The Kier molecular flexibility index (Phi) is 2.96. The predicted octanol–water partition coefficient (Wildman–Crippen LogP) is 3.02. The molecule has 0 amide bonds. The monoisotopic (exact) mass is 206 g/mol. The number of para-hydroxylation sites is 1. The fourth-order valence-electron chi connectivity index (χ4n) is 2.04. The van der Waals surface area contributed by atoms with Gasteiger partial charge in [-0.1, -0.05) is 32.0 Å². The van der Waals surface area contributed by atoms with E-state index in [1.54, 1.807) is 0 Å². The number of benzene rings is 1. The van der Waals surface area contributed by atoms with Gasteiger partial charge >= 0.3 is 0 Å². The van der Waals surface area contributed by atoms with E-state index in [0.29, 0.717) is 18.9 Å². The Morgan fingerprint density at radius 1 is 1.53 bits per heavy atom. The summed E-state index contributed by atoms with van der Waals surface area (Å²) < 4.78 is 5.69. The molecule has 1 heterocycles. The number of ether oxygens (including phenoxy) is 1. The maximum atomic E-state index is 9.86. The van der Waals surface area contributed by atoms with Gasteiger partial charge in [0.15, 0.2) is 0 Å². The van der Waals surface area contributed by atoms with Gasteiger partial charge in [-0.05, 0) is 17.9 Å². The summed E-state index contributed by atoms with van der Waals surface area (Å²) >= 11 is 0. The highest BCUT2D eigenvalue weighted by molar-refractivity contribution is 5.45. The average Bonchev–Trinajstić information content (AvgIpc) is 2.28. The minimum atomic E-state index is -0.349. The first-order chi connectivity index (χ1) is 7.24. The molecule has 0 saturated carbocycles. The molecule has 1 aliphatic heterocycles. The Hall–Kier alpha value is -1.02. The van der Waals surface area contributed by atoms with E-state index in [4.69, 9.17) is 4.74 Å². The van der Waals surface area contributed by atoms with Gasteiger partial charge in [-0.15, -0.1) is 0 Å². The van der Waals surface area contributed by atoms with Crippen LogP contribution in [0.25, 0.3) is 0 Å². The summed E-state index contributed by atoms with van der Waals surface area (Å²) in [4.78, 5) is 0. The molecule has 82 valence electrons. The van der Waals surface area contributed by atoms with E-state index < -0.39 is 0 Å². The van der Waals surface area contributed by atoms with Crippen LogP contribution in [0.3, 0.4) is 0 Å². The summed E-state index contributed by atoms with van der Waals surface area (Å²) in [7, 11) is 0. The molecule has 1 N–H and O–H groups in total. The molecule has 0 spiro atoms. The molecule has 0 radical (unpaired) electrons. The van der Waals surface area contributed by atoms with E-state index in [9.17, 15) is 5.11 Å². The zero-order valence-corrected chi connectivity index (χ0v) is 9.36. The lowest BCUT2D eigenvalue weighted by molar-refractivity contribution is 0.114. The van der Waals surface area contributed by atoms with Crippen molar-refractivity contribution in [2.24, 2.45) is 0 Å². The van der Waals surface area contributed by atoms with Crippen molar-refractivity contribution in [1.29, 1.82) is 0 Å². The molecule has 1 unspecified atom stereocenters. The van der Waals surface area contributed by atoms with E-state index in [1.807, 2.05) is 12.1 Å². The Labute approximate surface area is 90.9 Å². The lowest BCUT2D eigenvalue weighted by atomic mass is 9.92. The summed E-state index contributed by atoms with van der Waals surface area (Å²) in [5.41, 5.74) is 2.19. The molecule has 2 atom stereocenters. The van der Waals surface area contributed by atoms with Crippen molar-refractivity contribution in [3.05, 3.63) is 29.3 Å². The summed E-state index contributed by atoms with van der Waals surface area (Å²) in [6, 6.07) is 6.08. The molecule has 2 heteroatoms. The van der Waals surface area contributed by atoms with Gasteiger partial charge in [-0.2, -0.15) is 0 Å². The standard InChI is InChI=1S/C13H18O2/c1-3-9(2)10-5-4-6-11-12(14)7-8-15-13(10)11/h4-6,9,12,14H,3,7-8H2,1-2H3/t9?,12-/m1/s1. The highest BCUT2D eigenvalue weighted by Gasteiger charge is 2.22. The molecule has 0 saturated heterocycles. The number of rotatable bonds is 2. The molecule has 0 aromatic heterocycles. The van der Waals surface area contributed by atoms with Crippen molar-refractivity contribution in [2.75, 3.05) is 6.61 Å². The normalized spacial score (nSPS) is 21.7. The first kappa shape index (κ1) is 10.5. The molecular formula is C13H18O2. The average molecular weight is 206 g/mol. The number of hydrogen-bond donors (Lipinski definition) is 1.